The van der Waals surface area contributed by atoms with Crippen molar-refractivity contribution in [1.82, 2.24) is 30.1 Å². The van der Waals surface area contributed by atoms with Gasteiger partial charge in [-0.15, -0.1) is 0 Å². The van der Waals surface area contributed by atoms with Crippen LogP contribution in [0.3, 0.4) is 0 Å². The number of aromatic amines is 1. The number of H-pyrrole nitrogens is 1. The van der Waals surface area contributed by atoms with Gasteiger partial charge >= 0.3 is 6.03 Å². The number of urea groups is 1. The summed E-state index contributed by atoms with van der Waals surface area (Å²) in [6.07, 6.45) is 1.14. The van der Waals surface area contributed by atoms with E-state index in [1.807, 2.05) is 13.8 Å². The van der Waals surface area contributed by atoms with Crippen molar-refractivity contribution in [2.45, 2.75) is 45.6 Å². The molecule has 0 saturated carbocycles. The number of aliphatic hydroxyl groups excluding tert-OH is 1. The minimum absolute atomic E-state index is 0.0758. The number of carbonyl (C=O) groups excluding carboxylic acids is 3. The molecule has 0 unspecified atom stereocenters. The summed E-state index contributed by atoms with van der Waals surface area (Å²) in [6, 6.07) is -0.292. The van der Waals surface area contributed by atoms with Crippen molar-refractivity contribution in [3.05, 3.63) is 11.4 Å². The third-order valence-corrected chi connectivity index (χ3v) is 5.51. The number of hydrogen-bond donors (Lipinski definition) is 2. The fraction of sp³-hybridized carbons (Fsp3) is 0.722. The maximum atomic E-state index is 13.2. The molecule has 0 radical (unpaired) electrons. The molecule has 10 nitrogen and oxygen atoms in total. The standard InChI is InChI=1S/C18H28N6O4/c1-12(2)11-24-17(28)23(7-4-10-25)16(27)18(24)5-8-22(9-6-18)15(26)14-13(3)19-21-20-14/h12,25H,4-11H2,1-3H3,(H,19,20,21). The van der Waals surface area contributed by atoms with Gasteiger partial charge in [-0.05, 0) is 32.1 Å². The van der Waals surface area contributed by atoms with Gasteiger partial charge in [0.2, 0.25) is 0 Å². The number of aromatic nitrogens is 3. The number of carbonyl (C=O) groups is 3. The van der Waals surface area contributed by atoms with Crippen LogP contribution in [0, 0.1) is 12.8 Å². The molecule has 2 N–H and O–H groups in total. The van der Waals surface area contributed by atoms with E-state index in [-0.39, 0.29) is 42.6 Å². The van der Waals surface area contributed by atoms with Gasteiger partial charge in [-0.2, -0.15) is 15.4 Å². The molecule has 1 spiro atoms. The molecule has 0 aliphatic carbocycles. The topological polar surface area (TPSA) is 123 Å². The van der Waals surface area contributed by atoms with E-state index in [0.717, 1.165) is 0 Å². The van der Waals surface area contributed by atoms with Gasteiger partial charge in [0, 0.05) is 32.8 Å². The summed E-state index contributed by atoms with van der Waals surface area (Å²) in [4.78, 5) is 43.4. The summed E-state index contributed by atoms with van der Waals surface area (Å²) in [5.41, 5.74) is -0.0886. The molecule has 0 bridgehead atoms. The Morgan fingerprint density at radius 2 is 1.93 bits per heavy atom. The average molecular weight is 392 g/mol. The molecule has 4 amide bonds. The third-order valence-electron chi connectivity index (χ3n) is 5.51. The maximum absolute atomic E-state index is 13.2. The second-order valence-corrected chi connectivity index (χ2v) is 7.90. The van der Waals surface area contributed by atoms with Crippen molar-refractivity contribution in [2.75, 3.05) is 32.8 Å². The lowest BCUT2D eigenvalue weighted by Crippen LogP contribution is -2.58. The van der Waals surface area contributed by atoms with Crippen LogP contribution in [-0.2, 0) is 4.79 Å². The summed E-state index contributed by atoms with van der Waals surface area (Å²) in [6.45, 7) is 7.08. The molecule has 2 aliphatic rings. The first-order chi connectivity index (χ1) is 13.3. The van der Waals surface area contributed by atoms with Crippen LogP contribution >= 0.6 is 0 Å². The summed E-state index contributed by atoms with van der Waals surface area (Å²) >= 11 is 0. The molecule has 3 rings (SSSR count). The molecule has 0 aromatic carbocycles. The van der Waals surface area contributed by atoms with Crippen molar-refractivity contribution in [3.8, 4) is 0 Å². The number of likely N-dealkylation sites (tertiary alicyclic amines) is 1. The first kappa shape index (κ1) is 20.2. The summed E-state index contributed by atoms with van der Waals surface area (Å²) in [5.74, 6) is -0.217. The van der Waals surface area contributed by atoms with E-state index in [1.54, 1.807) is 16.7 Å². The Balaban J connectivity index is 1.79. The van der Waals surface area contributed by atoms with Crippen LogP contribution in [0.2, 0.25) is 0 Å². The minimum Gasteiger partial charge on any atom is -0.396 e. The highest BCUT2D eigenvalue weighted by Crippen LogP contribution is 2.38. The number of rotatable bonds is 6. The molecule has 2 fully saturated rings. The van der Waals surface area contributed by atoms with Gasteiger partial charge in [-0.25, -0.2) is 4.79 Å². The quantitative estimate of drug-likeness (QED) is 0.675. The van der Waals surface area contributed by atoms with Crippen LogP contribution < -0.4 is 0 Å². The molecular weight excluding hydrogens is 364 g/mol. The van der Waals surface area contributed by atoms with Crippen LogP contribution in [-0.4, -0.2) is 91.4 Å². The van der Waals surface area contributed by atoms with Crippen LogP contribution in [0.25, 0.3) is 0 Å². The monoisotopic (exact) mass is 392 g/mol. The SMILES string of the molecule is Cc1n[nH]nc1C(=O)N1CCC2(CC1)C(=O)N(CCCO)C(=O)N2CC(C)C. The number of nitrogens with one attached hydrogen (secondary N) is 1. The van der Waals surface area contributed by atoms with Crippen LogP contribution in [0.15, 0.2) is 0 Å². The predicted molar refractivity (Wildman–Crippen MR) is 99.3 cm³/mol. The normalized spacial score (nSPS) is 19.4. The van der Waals surface area contributed by atoms with E-state index in [0.29, 0.717) is 44.6 Å². The molecule has 1 aromatic rings. The first-order valence-electron chi connectivity index (χ1n) is 9.73. The van der Waals surface area contributed by atoms with E-state index in [9.17, 15) is 14.4 Å². The van der Waals surface area contributed by atoms with Gasteiger partial charge < -0.3 is 14.9 Å². The molecule has 0 atom stereocenters. The molecule has 2 aliphatic heterocycles. The second-order valence-electron chi connectivity index (χ2n) is 7.90. The molecule has 3 heterocycles. The minimum atomic E-state index is -0.910. The fourth-order valence-electron chi connectivity index (χ4n) is 4.03. The maximum Gasteiger partial charge on any atom is 0.327 e. The largest absolute Gasteiger partial charge is 0.396 e. The number of piperidine rings is 1. The number of aryl methyl sites for hydroxylation is 1. The van der Waals surface area contributed by atoms with Crippen molar-refractivity contribution >= 4 is 17.8 Å². The highest BCUT2D eigenvalue weighted by Gasteiger charge is 2.58. The Morgan fingerprint density at radius 1 is 1.25 bits per heavy atom. The number of hydrogen-bond acceptors (Lipinski definition) is 6. The lowest BCUT2D eigenvalue weighted by Gasteiger charge is -2.42. The van der Waals surface area contributed by atoms with Gasteiger partial charge in [0.15, 0.2) is 5.69 Å². The van der Waals surface area contributed by atoms with E-state index >= 15 is 0 Å². The van der Waals surface area contributed by atoms with Gasteiger partial charge in [-0.1, -0.05) is 13.8 Å². The number of imide groups is 1. The smallest absolute Gasteiger partial charge is 0.327 e. The second kappa shape index (κ2) is 7.86. The third kappa shape index (κ3) is 3.36. The number of aliphatic hydroxyl groups is 1. The zero-order valence-corrected chi connectivity index (χ0v) is 16.6. The fourth-order valence-corrected chi connectivity index (χ4v) is 4.03. The van der Waals surface area contributed by atoms with Crippen LogP contribution in [0.1, 0.15) is 49.3 Å². The molecular formula is C18H28N6O4. The predicted octanol–water partition coefficient (Wildman–Crippen LogP) is 0.391. The van der Waals surface area contributed by atoms with E-state index in [4.69, 9.17) is 5.11 Å². The van der Waals surface area contributed by atoms with Gasteiger partial charge in [0.25, 0.3) is 11.8 Å². The van der Waals surface area contributed by atoms with Crippen LogP contribution in [0.4, 0.5) is 4.79 Å². The average Bonchev–Trinajstić information content (AvgIpc) is 3.17. The lowest BCUT2D eigenvalue weighted by molar-refractivity contribution is -0.135. The van der Waals surface area contributed by atoms with Gasteiger partial charge in [0.1, 0.15) is 5.54 Å². The van der Waals surface area contributed by atoms with Crippen LogP contribution in [0.5, 0.6) is 0 Å². The zero-order chi connectivity index (χ0) is 20.5. The Labute approximate surface area is 163 Å². The highest BCUT2D eigenvalue weighted by molar-refractivity contribution is 6.07. The lowest BCUT2D eigenvalue weighted by atomic mass is 9.85. The Bertz CT molecular complexity index is 753. The number of nitrogens with zero attached hydrogens (tertiary/aromatic N) is 5. The summed E-state index contributed by atoms with van der Waals surface area (Å²) < 4.78 is 0. The molecule has 28 heavy (non-hydrogen) atoms. The first-order valence-corrected chi connectivity index (χ1v) is 9.73. The Morgan fingerprint density at radius 3 is 2.46 bits per heavy atom. The Hall–Kier alpha value is -2.49. The van der Waals surface area contributed by atoms with E-state index in [1.165, 1.54) is 4.90 Å². The molecule has 1 aromatic heterocycles. The van der Waals surface area contributed by atoms with E-state index < -0.39 is 5.54 Å². The van der Waals surface area contributed by atoms with Gasteiger partial charge in [-0.3, -0.25) is 14.5 Å². The molecule has 10 heteroatoms. The summed E-state index contributed by atoms with van der Waals surface area (Å²) in [5, 5.41) is 19.4. The van der Waals surface area contributed by atoms with Crippen molar-refractivity contribution in [1.29, 1.82) is 0 Å². The number of amides is 4. The Kier molecular flexibility index (Phi) is 5.69. The van der Waals surface area contributed by atoms with Gasteiger partial charge in [0.05, 0.1) is 5.69 Å². The van der Waals surface area contributed by atoms with Crippen molar-refractivity contribution in [3.63, 3.8) is 0 Å². The molecule has 2 saturated heterocycles. The molecule has 154 valence electrons. The van der Waals surface area contributed by atoms with Crippen molar-refractivity contribution < 1.29 is 19.5 Å². The summed E-state index contributed by atoms with van der Waals surface area (Å²) in [7, 11) is 0. The van der Waals surface area contributed by atoms with E-state index in [2.05, 4.69) is 15.4 Å². The van der Waals surface area contributed by atoms with Crippen molar-refractivity contribution in [2.24, 2.45) is 5.92 Å². The zero-order valence-electron chi connectivity index (χ0n) is 16.6. The highest BCUT2D eigenvalue weighted by atomic mass is 16.3.